The zero-order valence-electron chi connectivity index (χ0n) is 8.10. The lowest BCUT2D eigenvalue weighted by Crippen LogP contribution is -2.25. The van der Waals surface area contributed by atoms with Crippen molar-refractivity contribution >= 4 is 10.0 Å². The van der Waals surface area contributed by atoms with Gasteiger partial charge in [0.15, 0.2) is 0 Å². The first kappa shape index (κ1) is 11.1. The monoisotopic (exact) mass is 214 g/mol. The Labute approximate surface area is 84.4 Å². The van der Waals surface area contributed by atoms with E-state index in [2.05, 4.69) is 9.71 Å². The van der Waals surface area contributed by atoms with Crippen LogP contribution < -0.4 is 4.72 Å². The van der Waals surface area contributed by atoms with E-state index in [0.717, 1.165) is 5.69 Å². The Morgan fingerprint density at radius 2 is 2.21 bits per heavy atom. The van der Waals surface area contributed by atoms with E-state index in [9.17, 15) is 8.42 Å². The van der Waals surface area contributed by atoms with E-state index in [0.29, 0.717) is 6.42 Å². The normalized spacial score (nSPS) is 11.5. The first-order chi connectivity index (χ1) is 6.64. The number of pyridine rings is 1. The molecule has 0 atom stereocenters. The van der Waals surface area contributed by atoms with Gasteiger partial charge in [-0.15, -0.1) is 0 Å². The maximum Gasteiger partial charge on any atom is 0.211 e. The highest BCUT2D eigenvalue weighted by Gasteiger charge is 2.07. The van der Waals surface area contributed by atoms with Crippen LogP contribution in [0.5, 0.6) is 0 Å². The van der Waals surface area contributed by atoms with Gasteiger partial charge in [-0.1, -0.05) is 13.0 Å². The van der Waals surface area contributed by atoms with Crippen LogP contribution in [0.2, 0.25) is 0 Å². The third kappa shape index (κ3) is 3.85. The average Bonchev–Trinajstić information content (AvgIpc) is 2.17. The largest absolute Gasteiger partial charge is 0.260 e. The number of aromatic nitrogens is 1. The van der Waals surface area contributed by atoms with Gasteiger partial charge in [0, 0.05) is 6.20 Å². The molecule has 1 aromatic heterocycles. The second-order valence-corrected chi connectivity index (χ2v) is 4.89. The van der Waals surface area contributed by atoms with Gasteiger partial charge in [-0.3, -0.25) is 4.98 Å². The molecule has 0 unspecified atom stereocenters. The molecular formula is C9H14N2O2S. The summed E-state index contributed by atoms with van der Waals surface area (Å²) in [7, 11) is -3.12. The topological polar surface area (TPSA) is 59.1 Å². The van der Waals surface area contributed by atoms with Crippen LogP contribution in [0.1, 0.15) is 19.0 Å². The third-order valence-corrected chi connectivity index (χ3v) is 3.20. The summed E-state index contributed by atoms with van der Waals surface area (Å²) in [5.41, 5.74) is 0.729. The summed E-state index contributed by atoms with van der Waals surface area (Å²) >= 11 is 0. The van der Waals surface area contributed by atoms with Gasteiger partial charge in [-0.25, -0.2) is 13.1 Å². The van der Waals surface area contributed by atoms with Crippen molar-refractivity contribution in [3.63, 3.8) is 0 Å². The summed E-state index contributed by atoms with van der Waals surface area (Å²) in [5, 5.41) is 0. The van der Waals surface area contributed by atoms with Crippen molar-refractivity contribution in [3.05, 3.63) is 30.1 Å². The van der Waals surface area contributed by atoms with Crippen LogP contribution in [0.3, 0.4) is 0 Å². The molecule has 0 aliphatic heterocycles. The molecule has 0 saturated carbocycles. The molecule has 4 nitrogen and oxygen atoms in total. The molecular weight excluding hydrogens is 200 g/mol. The lowest BCUT2D eigenvalue weighted by molar-refractivity contribution is 0.579. The van der Waals surface area contributed by atoms with Crippen LogP contribution in [0.4, 0.5) is 0 Å². The van der Waals surface area contributed by atoms with E-state index >= 15 is 0 Å². The minimum Gasteiger partial charge on any atom is -0.260 e. The Morgan fingerprint density at radius 1 is 1.43 bits per heavy atom. The van der Waals surface area contributed by atoms with Crippen molar-refractivity contribution in [1.82, 2.24) is 9.71 Å². The number of nitrogens with one attached hydrogen (secondary N) is 1. The molecule has 0 amide bonds. The SMILES string of the molecule is CCCS(=O)(=O)NCc1ccccn1. The maximum atomic E-state index is 11.3. The molecule has 0 aliphatic carbocycles. The highest BCUT2D eigenvalue weighted by molar-refractivity contribution is 7.89. The van der Waals surface area contributed by atoms with Crippen LogP contribution >= 0.6 is 0 Å². The van der Waals surface area contributed by atoms with Gasteiger partial charge in [-0.2, -0.15) is 0 Å². The summed E-state index contributed by atoms with van der Waals surface area (Å²) in [5.74, 6) is 0.167. The molecule has 0 radical (unpaired) electrons. The van der Waals surface area contributed by atoms with E-state index in [-0.39, 0.29) is 12.3 Å². The Morgan fingerprint density at radius 3 is 2.79 bits per heavy atom. The molecule has 0 spiro atoms. The fraction of sp³-hybridized carbons (Fsp3) is 0.444. The Bertz CT molecular complexity index is 362. The van der Waals surface area contributed by atoms with E-state index in [1.54, 1.807) is 18.3 Å². The number of hydrogen-bond acceptors (Lipinski definition) is 3. The molecule has 1 rings (SSSR count). The van der Waals surface area contributed by atoms with Gasteiger partial charge in [0.25, 0.3) is 0 Å². The summed E-state index contributed by atoms with van der Waals surface area (Å²) < 4.78 is 25.0. The number of hydrogen-bond donors (Lipinski definition) is 1. The smallest absolute Gasteiger partial charge is 0.211 e. The van der Waals surface area contributed by atoms with E-state index in [1.807, 2.05) is 13.0 Å². The zero-order valence-corrected chi connectivity index (χ0v) is 8.92. The first-order valence-electron chi connectivity index (χ1n) is 4.51. The summed E-state index contributed by atoms with van der Waals surface area (Å²) in [4.78, 5) is 4.01. The zero-order chi connectivity index (χ0) is 10.4. The third-order valence-electron chi connectivity index (χ3n) is 1.67. The molecule has 78 valence electrons. The molecule has 0 aromatic carbocycles. The van der Waals surface area contributed by atoms with Gasteiger partial charge in [0.05, 0.1) is 18.0 Å². The Hall–Kier alpha value is -0.940. The summed E-state index contributed by atoms with van der Waals surface area (Å²) in [6.07, 6.45) is 2.26. The van der Waals surface area contributed by atoms with Crippen LogP contribution in [-0.2, 0) is 16.6 Å². The van der Waals surface area contributed by atoms with Crippen molar-refractivity contribution in [3.8, 4) is 0 Å². The summed E-state index contributed by atoms with van der Waals surface area (Å²) in [6.45, 7) is 2.10. The second kappa shape index (κ2) is 5.07. The second-order valence-electron chi connectivity index (χ2n) is 2.96. The van der Waals surface area contributed by atoms with Crippen molar-refractivity contribution in [2.45, 2.75) is 19.9 Å². The molecule has 14 heavy (non-hydrogen) atoms. The van der Waals surface area contributed by atoms with Crippen LogP contribution in [0.25, 0.3) is 0 Å². The quantitative estimate of drug-likeness (QED) is 0.792. The molecule has 0 aliphatic rings. The van der Waals surface area contributed by atoms with Gasteiger partial charge in [-0.05, 0) is 18.6 Å². The van der Waals surface area contributed by atoms with Crippen LogP contribution in [0.15, 0.2) is 24.4 Å². The molecule has 1 aromatic rings. The molecule has 0 saturated heterocycles. The van der Waals surface area contributed by atoms with Crippen LogP contribution in [-0.4, -0.2) is 19.2 Å². The predicted octanol–water partition coefficient (Wildman–Crippen LogP) is 0.911. The Balaban J connectivity index is 2.49. The number of rotatable bonds is 5. The lowest BCUT2D eigenvalue weighted by Gasteiger charge is -2.04. The molecule has 0 bridgehead atoms. The van der Waals surface area contributed by atoms with Crippen molar-refractivity contribution in [2.75, 3.05) is 5.75 Å². The molecule has 1 N–H and O–H groups in total. The minimum absolute atomic E-state index is 0.167. The van der Waals surface area contributed by atoms with E-state index in [1.165, 1.54) is 0 Å². The van der Waals surface area contributed by atoms with Gasteiger partial charge < -0.3 is 0 Å². The highest BCUT2D eigenvalue weighted by atomic mass is 32.2. The van der Waals surface area contributed by atoms with Gasteiger partial charge >= 0.3 is 0 Å². The standard InChI is InChI=1S/C9H14N2O2S/c1-2-7-14(12,13)11-8-9-5-3-4-6-10-9/h3-6,11H,2,7-8H2,1H3. The van der Waals surface area contributed by atoms with Gasteiger partial charge in [0.1, 0.15) is 0 Å². The fourth-order valence-electron chi connectivity index (χ4n) is 1.03. The molecule has 5 heteroatoms. The van der Waals surface area contributed by atoms with Crippen molar-refractivity contribution in [1.29, 1.82) is 0 Å². The minimum atomic E-state index is -3.12. The highest BCUT2D eigenvalue weighted by Crippen LogP contribution is 1.95. The number of nitrogens with zero attached hydrogens (tertiary/aromatic N) is 1. The summed E-state index contributed by atoms with van der Waals surface area (Å²) in [6, 6.07) is 5.41. The van der Waals surface area contributed by atoms with Crippen molar-refractivity contribution in [2.24, 2.45) is 0 Å². The lowest BCUT2D eigenvalue weighted by atomic mass is 10.4. The fourth-order valence-corrected chi connectivity index (χ4v) is 2.08. The van der Waals surface area contributed by atoms with E-state index in [4.69, 9.17) is 0 Å². The molecule has 0 fully saturated rings. The maximum absolute atomic E-state index is 11.3. The predicted molar refractivity (Wildman–Crippen MR) is 55.2 cm³/mol. The number of sulfonamides is 1. The first-order valence-corrected chi connectivity index (χ1v) is 6.16. The molecule has 1 heterocycles. The van der Waals surface area contributed by atoms with Gasteiger partial charge in [0.2, 0.25) is 10.0 Å². The average molecular weight is 214 g/mol. The van der Waals surface area contributed by atoms with Crippen molar-refractivity contribution < 1.29 is 8.42 Å². The van der Waals surface area contributed by atoms with Crippen LogP contribution in [0, 0.1) is 0 Å². The Kier molecular flexibility index (Phi) is 4.03. The van der Waals surface area contributed by atoms with E-state index < -0.39 is 10.0 Å².